The van der Waals surface area contributed by atoms with Crippen LogP contribution in [0.5, 0.6) is 0 Å². The molecule has 0 radical (unpaired) electrons. The zero-order valence-corrected chi connectivity index (χ0v) is 51.3. The lowest BCUT2D eigenvalue weighted by molar-refractivity contribution is -0.151. The molecule has 2 aromatic carbocycles. The average molecular weight is 1200 g/mol. The second-order valence-electron chi connectivity index (χ2n) is 26.6. The number of amides is 4. The lowest BCUT2D eigenvalue weighted by Gasteiger charge is -2.43. The molecule has 87 heavy (non-hydrogen) atoms. The molecule has 0 spiro atoms. The number of benzene rings is 2. The molecule has 7 aliphatic heterocycles. The normalized spacial score (nSPS) is 25.5. The maximum absolute atomic E-state index is 14.4. The van der Waals surface area contributed by atoms with E-state index in [1.807, 2.05) is 44.7 Å². The summed E-state index contributed by atoms with van der Waals surface area (Å²) < 4.78 is 39.5. The summed E-state index contributed by atoms with van der Waals surface area (Å²) in [5.41, 5.74) is 4.15. The molecule has 0 bridgehead atoms. The van der Waals surface area contributed by atoms with E-state index in [4.69, 9.17) is 9.47 Å². The number of piperazine rings is 3. The minimum atomic E-state index is -0.641. The van der Waals surface area contributed by atoms with Gasteiger partial charge in [0.1, 0.15) is 23.8 Å². The van der Waals surface area contributed by atoms with Crippen LogP contribution in [-0.2, 0) is 52.3 Å². The van der Waals surface area contributed by atoms with Gasteiger partial charge < -0.3 is 50.1 Å². The summed E-state index contributed by atoms with van der Waals surface area (Å²) in [6.07, 6.45) is -0.623. The van der Waals surface area contributed by atoms with Gasteiger partial charge in [0.2, 0.25) is 11.8 Å². The van der Waals surface area contributed by atoms with Crippen molar-refractivity contribution in [1.29, 1.82) is 0 Å². The van der Waals surface area contributed by atoms with Crippen molar-refractivity contribution in [2.75, 3.05) is 154 Å². The number of aromatic nitrogens is 2. The van der Waals surface area contributed by atoms with Crippen molar-refractivity contribution in [1.82, 2.24) is 55.3 Å². The molecule has 5 saturated heterocycles. The molecule has 9 heterocycles. The molecule has 11 rings (SSSR count). The van der Waals surface area contributed by atoms with Gasteiger partial charge in [0.15, 0.2) is 0 Å². The number of anilines is 2. The number of morpholine rings is 2. The molecule has 5 N–H and O–H groups in total. The Labute approximate surface area is 508 Å². The lowest BCUT2D eigenvalue weighted by Crippen LogP contribution is -2.62. The van der Waals surface area contributed by atoms with Crippen LogP contribution in [0.15, 0.2) is 70.3 Å². The molecular weight excluding hydrogens is 1120 g/mol. The van der Waals surface area contributed by atoms with Crippen molar-refractivity contribution < 1.29 is 37.4 Å². The molecule has 2 aromatic heterocycles. The highest BCUT2D eigenvalue weighted by Gasteiger charge is 2.44. The Kier molecular flexibility index (Phi) is 18.9. The maximum atomic E-state index is 14.4. The Bertz CT molecular complexity index is 3260. The first-order valence-electron chi connectivity index (χ1n) is 31.2. The van der Waals surface area contributed by atoms with Gasteiger partial charge in [0.25, 0.3) is 22.9 Å². The molecule has 470 valence electrons. The third kappa shape index (κ3) is 14.6. The minimum Gasteiger partial charge on any atom is -0.366 e. The van der Waals surface area contributed by atoms with Crippen LogP contribution in [0.1, 0.15) is 75.2 Å². The van der Waals surface area contributed by atoms with Crippen molar-refractivity contribution in [3.05, 3.63) is 127 Å². The number of nitrogens with one attached hydrogen (secondary N) is 5. The first-order chi connectivity index (χ1) is 41.6. The first-order valence-corrected chi connectivity index (χ1v) is 31.2. The van der Waals surface area contributed by atoms with Crippen LogP contribution in [0.4, 0.5) is 20.2 Å². The number of ether oxygens (including phenoxy) is 2. The molecule has 21 nitrogen and oxygen atoms in total. The summed E-state index contributed by atoms with van der Waals surface area (Å²) in [6, 6.07) is 16.2. The van der Waals surface area contributed by atoms with E-state index in [9.17, 15) is 37.5 Å². The molecule has 0 saturated carbocycles. The zero-order valence-electron chi connectivity index (χ0n) is 51.3. The van der Waals surface area contributed by atoms with Crippen LogP contribution in [-0.4, -0.2) is 243 Å². The van der Waals surface area contributed by atoms with Gasteiger partial charge in [-0.05, 0) is 61.4 Å². The van der Waals surface area contributed by atoms with Crippen LogP contribution in [0, 0.1) is 11.6 Å². The van der Waals surface area contributed by atoms with Crippen LogP contribution < -0.4 is 36.9 Å². The van der Waals surface area contributed by atoms with E-state index < -0.39 is 23.0 Å². The fourth-order valence-electron chi connectivity index (χ4n) is 13.9. The number of pyridine rings is 2. The molecule has 2 unspecified atom stereocenters. The topological polar surface area (TPSA) is 214 Å². The summed E-state index contributed by atoms with van der Waals surface area (Å²) in [5, 5.41) is 10.3. The average Bonchev–Trinajstić information content (AvgIpc) is 1.72. The van der Waals surface area contributed by atoms with Gasteiger partial charge in [-0.15, -0.1) is 0 Å². The summed E-state index contributed by atoms with van der Waals surface area (Å²) >= 11 is 0. The van der Waals surface area contributed by atoms with Gasteiger partial charge in [-0.1, -0.05) is 52.0 Å². The highest BCUT2D eigenvalue weighted by atomic mass is 19.1. The Morgan fingerprint density at radius 3 is 1.52 bits per heavy atom. The van der Waals surface area contributed by atoms with Crippen LogP contribution in [0.25, 0.3) is 0 Å². The number of halogens is 2. The first kappa shape index (κ1) is 62.3. The highest BCUT2D eigenvalue weighted by Crippen LogP contribution is 2.41. The van der Waals surface area contributed by atoms with E-state index in [-0.39, 0.29) is 83.6 Å². The van der Waals surface area contributed by atoms with E-state index in [0.717, 1.165) is 22.5 Å². The Balaban J connectivity index is 0.620. The molecule has 4 amide bonds. The second-order valence-corrected chi connectivity index (χ2v) is 26.6. The monoisotopic (exact) mass is 1200 g/mol. The number of rotatable bonds is 17. The fourth-order valence-corrected chi connectivity index (χ4v) is 13.9. The number of H-pyrrole nitrogens is 2. The summed E-state index contributed by atoms with van der Waals surface area (Å²) in [4.78, 5) is 106. The molecule has 5 fully saturated rings. The van der Waals surface area contributed by atoms with E-state index in [2.05, 4.69) is 64.3 Å². The van der Waals surface area contributed by atoms with Crippen molar-refractivity contribution in [3.63, 3.8) is 0 Å². The van der Waals surface area contributed by atoms with Gasteiger partial charge in [0, 0.05) is 188 Å². The van der Waals surface area contributed by atoms with Gasteiger partial charge in [0.05, 0.1) is 37.7 Å². The predicted octanol–water partition coefficient (Wildman–Crippen LogP) is 1.46. The van der Waals surface area contributed by atoms with Gasteiger partial charge in [-0.25, -0.2) is 8.78 Å². The summed E-state index contributed by atoms with van der Waals surface area (Å²) in [5.74, 6) is -0.968. The van der Waals surface area contributed by atoms with Gasteiger partial charge >= 0.3 is 0 Å². The summed E-state index contributed by atoms with van der Waals surface area (Å²) in [7, 11) is 0. The Morgan fingerprint density at radius 1 is 0.598 bits per heavy atom. The van der Waals surface area contributed by atoms with Crippen LogP contribution >= 0.6 is 0 Å². The molecule has 7 aliphatic rings. The number of fused-ring (bicyclic) bond motifs is 2. The molecular formula is C64H87F2N13O8. The van der Waals surface area contributed by atoms with E-state index in [0.29, 0.717) is 166 Å². The van der Waals surface area contributed by atoms with Crippen molar-refractivity contribution >= 4 is 35.0 Å². The van der Waals surface area contributed by atoms with E-state index in [1.165, 1.54) is 24.3 Å². The number of carbonyl (C=O) groups excluding carboxylic acids is 4. The largest absolute Gasteiger partial charge is 0.366 e. The fraction of sp³-hybridized carbons (Fsp3) is 0.594. The van der Waals surface area contributed by atoms with Crippen molar-refractivity contribution in [2.24, 2.45) is 0 Å². The van der Waals surface area contributed by atoms with Gasteiger partial charge in [-0.3, -0.25) is 53.3 Å². The number of hydrogen-bond donors (Lipinski definition) is 5. The Morgan fingerprint density at radius 2 is 1.05 bits per heavy atom. The Hall–Kier alpha value is -6.28. The zero-order chi connectivity index (χ0) is 61.3. The number of nitrogens with zero attached hydrogens (tertiary/aromatic N) is 8. The van der Waals surface area contributed by atoms with Gasteiger partial charge in [-0.2, -0.15) is 0 Å². The highest BCUT2D eigenvalue weighted by molar-refractivity contribution is 5.98. The molecule has 6 atom stereocenters. The molecule has 0 aliphatic carbocycles. The lowest BCUT2D eigenvalue weighted by atomic mass is 9.91. The smallest absolute Gasteiger partial charge is 0.253 e. The van der Waals surface area contributed by atoms with E-state index in [1.54, 1.807) is 34.1 Å². The quantitative estimate of drug-likeness (QED) is 0.101. The standard InChI is InChI=1S/C64H87F2N13O8/c1-41-31-76(37-55(80)78-39-63(3,4)57-51(78)27-45(59(82)70-57)25-43-7-11-47(65)12-8-43)49(29-68-41)33-73-21-23-86-53(35-73)61(84)67-15-16-72-17-19-75(20-18-72)62(85)54-36-74(22-24-87-54)34-50-30-69-42(2)32-77(50)38-56(81)79-40-64(5,6)58-52(79)28-46(60(83)71-58)26-44-9-13-48(66)14-10-44/h7-14,27-28,41-42,49-50,53-54,68-69H,15-26,29-40H2,1-6H3,(H,67,84)(H,70,82)(H,71,83)/t41-,42-,49-,50-,53?,54?/m1/s1. The van der Waals surface area contributed by atoms with E-state index >= 15 is 0 Å². The summed E-state index contributed by atoms with van der Waals surface area (Å²) in [6.45, 7) is 24.1. The maximum Gasteiger partial charge on any atom is 0.253 e. The minimum absolute atomic E-state index is 0.00160. The predicted molar refractivity (Wildman–Crippen MR) is 327 cm³/mol. The number of carbonyl (C=O) groups is 4. The third-order valence-electron chi connectivity index (χ3n) is 18.8. The third-order valence-corrected chi connectivity index (χ3v) is 18.8. The van der Waals surface area contributed by atoms with Crippen molar-refractivity contribution in [2.45, 2.75) is 102 Å². The molecule has 23 heteroatoms. The van der Waals surface area contributed by atoms with Crippen LogP contribution in [0.3, 0.4) is 0 Å². The molecule has 4 aromatic rings. The van der Waals surface area contributed by atoms with Crippen LogP contribution in [0.2, 0.25) is 0 Å². The number of hydrogen-bond acceptors (Lipinski definition) is 15. The SMILES string of the molecule is C[C@@H]1CN(CC(=O)N2CC(C)(C)c3[nH]c(=O)c(Cc4ccc(F)cc4)cc32)[C@@H](CN2CCOC(C(=O)NCCN3CCN(C(=O)C4CN(C[C@H]5CN[C@H](C)CN5CC(=O)N5CC(C)(C)c6[nH]c(=O)c(Cc7ccc(F)cc7)cc65)CCO4)CC3)C2)CN1. The second kappa shape index (κ2) is 26.4. The van der Waals surface area contributed by atoms with Crippen molar-refractivity contribution in [3.8, 4) is 0 Å². The number of aromatic amines is 2.